The lowest BCUT2D eigenvalue weighted by Gasteiger charge is -2.26. The molecule has 5 nitrogen and oxygen atoms in total. The second kappa shape index (κ2) is 6.52. The van der Waals surface area contributed by atoms with Crippen LogP contribution in [0.25, 0.3) is 0 Å². The van der Waals surface area contributed by atoms with Crippen molar-refractivity contribution in [2.75, 3.05) is 18.0 Å². The molecule has 2 heterocycles. The summed E-state index contributed by atoms with van der Waals surface area (Å²) in [5, 5.41) is 0. The fraction of sp³-hybridized carbons (Fsp3) is 0.786. The molecule has 1 saturated carbocycles. The van der Waals surface area contributed by atoms with Crippen LogP contribution in [-0.4, -0.2) is 27.8 Å². The molecule has 1 aromatic rings. The number of nitrogens with zero attached hydrogens (tertiary/aromatic N) is 3. The highest BCUT2D eigenvalue weighted by atomic mass is 32.1. The number of hydrogen-bond donors (Lipinski definition) is 0. The SMILES string of the molecule is O=C(Oc1nsnc1N1CCCCC1)C1CCCCC1. The highest BCUT2D eigenvalue weighted by Gasteiger charge is 2.26. The van der Waals surface area contributed by atoms with E-state index < -0.39 is 0 Å². The van der Waals surface area contributed by atoms with E-state index >= 15 is 0 Å². The summed E-state index contributed by atoms with van der Waals surface area (Å²) in [6.45, 7) is 1.97. The van der Waals surface area contributed by atoms with Gasteiger partial charge < -0.3 is 9.64 Å². The molecule has 0 atom stereocenters. The van der Waals surface area contributed by atoms with Crippen LogP contribution in [0.5, 0.6) is 5.88 Å². The summed E-state index contributed by atoms with van der Waals surface area (Å²) in [7, 11) is 0. The monoisotopic (exact) mass is 295 g/mol. The predicted molar refractivity (Wildman–Crippen MR) is 78.2 cm³/mol. The molecule has 2 fully saturated rings. The molecule has 0 spiro atoms. The van der Waals surface area contributed by atoms with Gasteiger partial charge in [-0.15, -0.1) is 4.37 Å². The third kappa shape index (κ3) is 3.11. The Kier molecular flexibility index (Phi) is 4.50. The molecule has 0 N–H and O–H groups in total. The van der Waals surface area contributed by atoms with E-state index in [9.17, 15) is 4.79 Å². The van der Waals surface area contributed by atoms with Crippen molar-refractivity contribution < 1.29 is 9.53 Å². The first kappa shape index (κ1) is 13.8. The Morgan fingerprint density at radius 1 is 1.05 bits per heavy atom. The maximum atomic E-state index is 12.2. The summed E-state index contributed by atoms with van der Waals surface area (Å²) < 4.78 is 14.0. The van der Waals surface area contributed by atoms with Gasteiger partial charge in [0, 0.05) is 13.1 Å². The first-order valence-electron chi connectivity index (χ1n) is 7.64. The lowest BCUT2D eigenvalue weighted by atomic mass is 9.89. The van der Waals surface area contributed by atoms with Crippen molar-refractivity contribution in [2.24, 2.45) is 5.92 Å². The molecular weight excluding hydrogens is 274 g/mol. The minimum Gasteiger partial charge on any atom is -0.402 e. The Morgan fingerprint density at radius 3 is 2.50 bits per heavy atom. The second-order valence-electron chi connectivity index (χ2n) is 5.70. The van der Waals surface area contributed by atoms with Gasteiger partial charge in [-0.3, -0.25) is 4.79 Å². The highest BCUT2D eigenvalue weighted by Crippen LogP contribution is 2.30. The maximum Gasteiger partial charge on any atom is 0.315 e. The van der Waals surface area contributed by atoms with E-state index in [1.54, 1.807) is 0 Å². The molecule has 0 radical (unpaired) electrons. The second-order valence-corrected chi connectivity index (χ2v) is 6.23. The van der Waals surface area contributed by atoms with Gasteiger partial charge in [-0.05, 0) is 32.1 Å². The molecule has 1 aliphatic heterocycles. The minimum absolute atomic E-state index is 0.0552. The fourth-order valence-corrected chi connectivity index (χ4v) is 3.56. The van der Waals surface area contributed by atoms with Crippen molar-refractivity contribution in [2.45, 2.75) is 51.4 Å². The average molecular weight is 295 g/mol. The van der Waals surface area contributed by atoms with Crippen molar-refractivity contribution in [1.29, 1.82) is 0 Å². The topological polar surface area (TPSA) is 55.3 Å². The lowest BCUT2D eigenvalue weighted by molar-refractivity contribution is -0.140. The quantitative estimate of drug-likeness (QED) is 0.802. The van der Waals surface area contributed by atoms with E-state index in [4.69, 9.17) is 4.74 Å². The first-order chi connectivity index (χ1) is 9.84. The van der Waals surface area contributed by atoms with Crippen LogP contribution in [0.1, 0.15) is 51.4 Å². The highest BCUT2D eigenvalue weighted by molar-refractivity contribution is 6.99. The third-order valence-corrected chi connectivity index (χ3v) is 4.74. The molecule has 1 saturated heterocycles. The molecule has 2 aliphatic rings. The Bertz CT molecular complexity index is 451. The summed E-state index contributed by atoms with van der Waals surface area (Å²) in [5.41, 5.74) is 0. The molecule has 3 rings (SSSR count). The van der Waals surface area contributed by atoms with Crippen LogP contribution in [0.3, 0.4) is 0 Å². The van der Waals surface area contributed by atoms with E-state index in [0.717, 1.165) is 56.3 Å². The number of carbonyl (C=O) groups excluding carboxylic acids is 1. The molecule has 1 aliphatic carbocycles. The largest absolute Gasteiger partial charge is 0.402 e. The van der Waals surface area contributed by atoms with Crippen molar-refractivity contribution in [3.63, 3.8) is 0 Å². The number of anilines is 1. The third-order valence-electron chi connectivity index (χ3n) is 4.23. The van der Waals surface area contributed by atoms with Crippen LogP contribution in [0.4, 0.5) is 5.82 Å². The van der Waals surface area contributed by atoms with Gasteiger partial charge in [-0.25, -0.2) is 0 Å². The smallest absolute Gasteiger partial charge is 0.315 e. The summed E-state index contributed by atoms with van der Waals surface area (Å²) in [6, 6.07) is 0. The zero-order chi connectivity index (χ0) is 13.8. The average Bonchev–Trinajstić information content (AvgIpc) is 2.97. The van der Waals surface area contributed by atoms with Crippen LogP contribution in [0.2, 0.25) is 0 Å². The molecular formula is C14H21N3O2S. The number of esters is 1. The molecule has 6 heteroatoms. The van der Waals surface area contributed by atoms with Gasteiger partial charge in [0.15, 0.2) is 0 Å². The van der Waals surface area contributed by atoms with Crippen molar-refractivity contribution in [3.8, 4) is 5.88 Å². The molecule has 1 aromatic heterocycles. The first-order valence-corrected chi connectivity index (χ1v) is 8.37. The zero-order valence-electron chi connectivity index (χ0n) is 11.7. The van der Waals surface area contributed by atoms with Crippen molar-refractivity contribution >= 4 is 23.5 Å². The standard InChI is InChI=1S/C14H21N3O2S/c18-14(11-7-3-1-4-8-11)19-13-12(15-20-16-13)17-9-5-2-6-10-17/h11H,1-10H2. The maximum absolute atomic E-state index is 12.2. The van der Waals surface area contributed by atoms with Crippen molar-refractivity contribution in [1.82, 2.24) is 8.75 Å². The summed E-state index contributed by atoms with van der Waals surface area (Å²) in [6.07, 6.45) is 9.03. The minimum atomic E-state index is -0.115. The summed E-state index contributed by atoms with van der Waals surface area (Å²) >= 11 is 1.13. The van der Waals surface area contributed by atoms with Crippen LogP contribution in [0.15, 0.2) is 0 Å². The van der Waals surface area contributed by atoms with Gasteiger partial charge in [0.05, 0.1) is 17.6 Å². The fourth-order valence-electron chi connectivity index (χ4n) is 3.06. The molecule has 0 bridgehead atoms. The Balaban J connectivity index is 1.65. The lowest BCUT2D eigenvalue weighted by Crippen LogP contribution is -2.30. The van der Waals surface area contributed by atoms with E-state index in [2.05, 4.69) is 13.6 Å². The summed E-state index contributed by atoms with van der Waals surface area (Å²) in [5.74, 6) is 1.13. The van der Waals surface area contributed by atoms with Crippen LogP contribution >= 0.6 is 11.7 Å². The molecule has 0 aromatic carbocycles. The van der Waals surface area contributed by atoms with Crippen LogP contribution in [0, 0.1) is 5.92 Å². The van der Waals surface area contributed by atoms with E-state index in [0.29, 0.717) is 5.88 Å². The van der Waals surface area contributed by atoms with Gasteiger partial charge in [0.2, 0.25) is 5.82 Å². The number of carbonyl (C=O) groups is 1. The number of hydrogen-bond acceptors (Lipinski definition) is 6. The van der Waals surface area contributed by atoms with Gasteiger partial charge >= 0.3 is 5.97 Å². The normalized spacial score (nSPS) is 20.9. The van der Waals surface area contributed by atoms with E-state index in [1.807, 2.05) is 0 Å². The Morgan fingerprint density at radius 2 is 1.75 bits per heavy atom. The van der Waals surface area contributed by atoms with Gasteiger partial charge in [-0.2, -0.15) is 4.37 Å². The zero-order valence-corrected chi connectivity index (χ0v) is 12.5. The van der Waals surface area contributed by atoms with Gasteiger partial charge in [0.1, 0.15) is 0 Å². The van der Waals surface area contributed by atoms with Crippen LogP contribution in [-0.2, 0) is 4.79 Å². The number of ether oxygens (including phenoxy) is 1. The molecule has 110 valence electrons. The van der Waals surface area contributed by atoms with Gasteiger partial charge in [-0.1, -0.05) is 19.3 Å². The predicted octanol–water partition coefficient (Wildman–Crippen LogP) is 3.01. The van der Waals surface area contributed by atoms with E-state index in [-0.39, 0.29) is 11.9 Å². The number of aromatic nitrogens is 2. The number of rotatable bonds is 3. The van der Waals surface area contributed by atoms with Crippen LogP contribution < -0.4 is 9.64 Å². The van der Waals surface area contributed by atoms with E-state index in [1.165, 1.54) is 25.7 Å². The Labute approximate surface area is 123 Å². The summed E-state index contributed by atoms with van der Waals surface area (Å²) in [4.78, 5) is 14.4. The van der Waals surface area contributed by atoms with Crippen molar-refractivity contribution in [3.05, 3.63) is 0 Å². The number of piperidine rings is 1. The molecule has 0 amide bonds. The Hall–Kier alpha value is -1.17. The van der Waals surface area contributed by atoms with Gasteiger partial charge in [0.25, 0.3) is 5.88 Å². The molecule has 0 unspecified atom stereocenters. The molecule has 20 heavy (non-hydrogen) atoms.